The van der Waals surface area contributed by atoms with Gasteiger partial charge in [-0.25, -0.2) is 4.98 Å². The second-order valence-electron chi connectivity index (χ2n) is 6.55. The van der Waals surface area contributed by atoms with E-state index in [4.69, 9.17) is 0 Å². The monoisotopic (exact) mass is 381 g/mol. The molecule has 1 aliphatic rings. The lowest BCUT2D eigenvalue weighted by Gasteiger charge is -2.27. The molecule has 1 N–H and O–H groups in total. The first-order valence-corrected chi connectivity index (χ1v) is 10.5. The molecule has 1 aliphatic heterocycles. The molecule has 0 aliphatic carbocycles. The molecule has 2 aromatic heterocycles. The van der Waals surface area contributed by atoms with E-state index in [1.807, 2.05) is 38.3 Å². The number of carbonyl (C=O) groups is 2. The minimum atomic E-state index is -0.436. The molecule has 128 valence electrons. The number of nitrogens with zero attached hydrogens (tertiary/aromatic N) is 2. The quantitative estimate of drug-likeness (QED) is 0.886. The van der Waals surface area contributed by atoms with Crippen molar-refractivity contribution in [1.29, 1.82) is 0 Å². The van der Waals surface area contributed by atoms with Crippen LogP contribution in [0.1, 0.15) is 31.3 Å². The van der Waals surface area contributed by atoms with Gasteiger partial charge in [0.1, 0.15) is 16.7 Å². The Morgan fingerprint density at radius 3 is 2.79 bits per heavy atom. The molecule has 2 aromatic rings. The normalized spacial score (nSPS) is 18.0. The third kappa shape index (κ3) is 3.81. The molecule has 3 rings (SSSR count). The number of aromatic nitrogens is 1. The van der Waals surface area contributed by atoms with Crippen LogP contribution in [0.3, 0.4) is 0 Å². The Balaban J connectivity index is 1.75. The maximum Gasteiger partial charge on any atom is 0.274 e. The number of rotatable bonds is 3. The van der Waals surface area contributed by atoms with Gasteiger partial charge in [0.2, 0.25) is 5.91 Å². The summed E-state index contributed by atoms with van der Waals surface area (Å²) in [4.78, 5) is 32.4. The molecule has 0 saturated carbocycles. The number of thioether (sulfide) groups is 1. The molecule has 0 bridgehead atoms. The minimum absolute atomic E-state index is 0.102. The van der Waals surface area contributed by atoms with E-state index >= 15 is 0 Å². The van der Waals surface area contributed by atoms with E-state index in [9.17, 15) is 9.59 Å². The Bertz CT molecular complexity index is 734. The molecule has 5 nitrogen and oxygen atoms in total. The maximum absolute atomic E-state index is 12.8. The van der Waals surface area contributed by atoms with Crippen molar-refractivity contribution in [2.24, 2.45) is 0 Å². The van der Waals surface area contributed by atoms with E-state index in [1.54, 1.807) is 33.4 Å². The highest BCUT2D eigenvalue weighted by Crippen LogP contribution is 2.30. The van der Waals surface area contributed by atoms with Crippen LogP contribution in [0.15, 0.2) is 22.9 Å². The molecule has 0 spiro atoms. The maximum atomic E-state index is 12.8. The Morgan fingerprint density at radius 1 is 1.33 bits per heavy atom. The molecule has 0 radical (unpaired) electrons. The third-order valence-corrected chi connectivity index (χ3v) is 6.29. The average molecular weight is 382 g/mol. The second-order valence-corrected chi connectivity index (χ2v) is 9.35. The number of nitrogens with one attached hydrogen (secondary N) is 1. The van der Waals surface area contributed by atoms with E-state index in [0.29, 0.717) is 17.3 Å². The zero-order chi connectivity index (χ0) is 17.3. The lowest BCUT2D eigenvalue weighted by Crippen LogP contribution is -2.52. The summed E-state index contributed by atoms with van der Waals surface area (Å²) in [7, 11) is 0. The minimum Gasteiger partial charge on any atom is -0.350 e. The summed E-state index contributed by atoms with van der Waals surface area (Å²) in [6.45, 7) is 5.81. The molecule has 2 amide bonds. The summed E-state index contributed by atoms with van der Waals surface area (Å²) >= 11 is 4.65. The Labute approximate surface area is 153 Å². The van der Waals surface area contributed by atoms with Crippen LogP contribution in [-0.2, 0) is 4.79 Å². The van der Waals surface area contributed by atoms with Crippen LogP contribution in [-0.4, -0.2) is 44.9 Å². The molecule has 8 heteroatoms. The molecule has 0 aromatic carbocycles. The van der Waals surface area contributed by atoms with Crippen molar-refractivity contribution in [2.45, 2.75) is 32.4 Å². The van der Waals surface area contributed by atoms with E-state index in [-0.39, 0.29) is 17.4 Å². The van der Waals surface area contributed by atoms with Gasteiger partial charge in [-0.2, -0.15) is 0 Å². The lowest BCUT2D eigenvalue weighted by atomic mass is 10.1. The van der Waals surface area contributed by atoms with Gasteiger partial charge in [0.25, 0.3) is 5.91 Å². The molecule has 1 saturated heterocycles. The van der Waals surface area contributed by atoms with Gasteiger partial charge in [-0.1, -0.05) is 6.07 Å². The summed E-state index contributed by atoms with van der Waals surface area (Å²) < 4.78 is 0. The Hall–Kier alpha value is -1.38. The van der Waals surface area contributed by atoms with Crippen molar-refractivity contribution in [1.82, 2.24) is 15.2 Å². The molecule has 24 heavy (non-hydrogen) atoms. The third-order valence-electron chi connectivity index (χ3n) is 3.40. The molecule has 1 unspecified atom stereocenters. The van der Waals surface area contributed by atoms with Crippen molar-refractivity contribution >= 4 is 46.2 Å². The van der Waals surface area contributed by atoms with Crippen LogP contribution in [0.2, 0.25) is 0 Å². The summed E-state index contributed by atoms with van der Waals surface area (Å²) in [5.41, 5.74) is 0.103. The van der Waals surface area contributed by atoms with Gasteiger partial charge in [0, 0.05) is 16.7 Å². The van der Waals surface area contributed by atoms with Crippen molar-refractivity contribution in [3.8, 4) is 9.88 Å². The van der Waals surface area contributed by atoms with Crippen LogP contribution >= 0.6 is 34.4 Å². The average Bonchev–Trinajstić information content (AvgIpc) is 3.24. The number of hydrogen-bond acceptors (Lipinski definition) is 6. The largest absolute Gasteiger partial charge is 0.350 e. The molecule has 3 heterocycles. The summed E-state index contributed by atoms with van der Waals surface area (Å²) in [6, 6.07) is 3.52. The van der Waals surface area contributed by atoms with E-state index in [2.05, 4.69) is 10.3 Å². The van der Waals surface area contributed by atoms with Crippen LogP contribution in [0.5, 0.6) is 0 Å². The van der Waals surface area contributed by atoms with Crippen molar-refractivity contribution in [2.75, 3.05) is 11.6 Å². The Morgan fingerprint density at radius 2 is 2.12 bits per heavy atom. The van der Waals surface area contributed by atoms with Crippen molar-refractivity contribution < 1.29 is 9.59 Å². The van der Waals surface area contributed by atoms with E-state index < -0.39 is 6.04 Å². The number of thiazole rings is 1. The number of amides is 2. The van der Waals surface area contributed by atoms with Gasteiger partial charge in [-0.05, 0) is 32.2 Å². The Kier molecular flexibility index (Phi) is 4.98. The predicted molar refractivity (Wildman–Crippen MR) is 101 cm³/mol. The number of hydrogen-bond donors (Lipinski definition) is 1. The van der Waals surface area contributed by atoms with E-state index in [0.717, 1.165) is 9.88 Å². The first-order chi connectivity index (χ1) is 11.3. The number of carbonyl (C=O) groups excluding carboxylic acids is 2. The predicted octanol–water partition coefficient (Wildman–Crippen LogP) is 3.30. The molecule has 1 fully saturated rings. The van der Waals surface area contributed by atoms with Gasteiger partial charge >= 0.3 is 0 Å². The smallest absolute Gasteiger partial charge is 0.274 e. The van der Waals surface area contributed by atoms with Crippen molar-refractivity contribution in [3.05, 3.63) is 28.6 Å². The first kappa shape index (κ1) is 17.4. The summed E-state index contributed by atoms with van der Waals surface area (Å²) in [6.07, 6.45) is 0. The zero-order valence-electron chi connectivity index (χ0n) is 13.7. The zero-order valence-corrected chi connectivity index (χ0v) is 16.2. The van der Waals surface area contributed by atoms with E-state index in [1.165, 1.54) is 11.3 Å². The fourth-order valence-electron chi connectivity index (χ4n) is 2.35. The van der Waals surface area contributed by atoms with Gasteiger partial charge in [0.05, 0.1) is 10.8 Å². The molecular formula is C16H19N3O2S3. The van der Waals surface area contributed by atoms with Gasteiger partial charge in [-0.3, -0.25) is 9.59 Å². The van der Waals surface area contributed by atoms with Crippen LogP contribution in [0.25, 0.3) is 9.88 Å². The highest BCUT2D eigenvalue weighted by Gasteiger charge is 2.37. The second kappa shape index (κ2) is 6.85. The highest BCUT2D eigenvalue weighted by molar-refractivity contribution is 7.99. The van der Waals surface area contributed by atoms with Crippen LogP contribution < -0.4 is 5.32 Å². The SMILES string of the molecule is CC(C)(C)NC(=O)C1CSCN1C(=O)c1csc(-c2cccs2)n1. The fourth-order valence-corrected chi connectivity index (χ4v) is 5.11. The fraction of sp³-hybridized carbons (Fsp3) is 0.438. The van der Waals surface area contributed by atoms with Gasteiger partial charge in [-0.15, -0.1) is 34.4 Å². The van der Waals surface area contributed by atoms with Gasteiger partial charge in [0.15, 0.2) is 0 Å². The number of thiophene rings is 1. The van der Waals surface area contributed by atoms with Gasteiger partial charge < -0.3 is 10.2 Å². The van der Waals surface area contributed by atoms with Crippen LogP contribution in [0.4, 0.5) is 0 Å². The summed E-state index contributed by atoms with van der Waals surface area (Å²) in [5, 5.41) is 7.57. The molecule has 1 atom stereocenters. The lowest BCUT2D eigenvalue weighted by molar-refractivity contribution is -0.125. The standard InChI is InChI=1S/C16H19N3O2S3/c1-16(2,3)18-13(20)11-8-22-9-19(11)15(21)10-7-24-14(17-10)12-5-4-6-23-12/h4-7,11H,8-9H2,1-3H3,(H,18,20). The van der Waals surface area contributed by atoms with Crippen molar-refractivity contribution in [3.63, 3.8) is 0 Å². The van der Waals surface area contributed by atoms with Crippen LogP contribution in [0, 0.1) is 0 Å². The topological polar surface area (TPSA) is 62.3 Å². The first-order valence-electron chi connectivity index (χ1n) is 7.55. The highest BCUT2D eigenvalue weighted by atomic mass is 32.2. The summed E-state index contributed by atoms with van der Waals surface area (Å²) in [5.74, 6) is 0.866. The molecular weight excluding hydrogens is 362 g/mol.